The Balaban J connectivity index is 1.65. The molecule has 0 radical (unpaired) electrons. The average molecular weight is 460 g/mol. The highest BCUT2D eigenvalue weighted by Gasteiger charge is 2.20. The lowest BCUT2D eigenvalue weighted by Crippen LogP contribution is -2.31. The number of rotatable bonds is 7. The number of amides is 1. The molecule has 33 heavy (non-hydrogen) atoms. The Bertz CT molecular complexity index is 1350. The topological polar surface area (TPSA) is 73.2 Å². The lowest BCUT2D eigenvalue weighted by atomic mass is 10.1. The molecule has 1 heterocycles. The molecule has 0 bridgehead atoms. The van der Waals surface area contributed by atoms with E-state index in [2.05, 4.69) is 5.32 Å². The number of nitrogens with one attached hydrogen (secondary N) is 1. The molecule has 0 spiro atoms. The monoisotopic (exact) mass is 459 g/mol. The normalized spacial score (nSPS) is 11.8. The van der Waals surface area contributed by atoms with Crippen LogP contribution in [0.4, 0.5) is 0 Å². The number of hydrogen-bond acceptors (Lipinski definition) is 5. The predicted molar refractivity (Wildman–Crippen MR) is 132 cm³/mol. The van der Waals surface area contributed by atoms with Crippen molar-refractivity contribution in [1.29, 1.82) is 0 Å². The molecule has 6 nitrogen and oxygen atoms in total. The third-order valence-corrected chi connectivity index (χ3v) is 6.35. The molecule has 1 aromatic heterocycles. The Morgan fingerprint density at radius 3 is 2.61 bits per heavy atom. The van der Waals surface area contributed by atoms with Gasteiger partial charge in [-0.3, -0.25) is 14.2 Å². The molecule has 168 valence electrons. The van der Waals surface area contributed by atoms with Crippen molar-refractivity contribution in [3.8, 4) is 11.4 Å². The predicted octanol–water partition coefficient (Wildman–Crippen LogP) is 4.50. The van der Waals surface area contributed by atoms with Crippen molar-refractivity contribution in [1.82, 2.24) is 14.9 Å². The van der Waals surface area contributed by atoms with Gasteiger partial charge >= 0.3 is 0 Å². The summed E-state index contributed by atoms with van der Waals surface area (Å²) in [5.41, 5.74) is 3.24. The Hall–Kier alpha value is -3.58. The fourth-order valence-corrected chi connectivity index (χ4v) is 4.37. The number of para-hydroxylation sites is 1. The van der Waals surface area contributed by atoms with Gasteiger partial charge in [0.2, 0.25) is 5.91 Å². The first-order chi connectivity index (χ1) is 16.0. The van der Waals surface area contributed by atoms with Gasteiger partial charge in [0.15, 0.2) is 5.16 Å². The van der Waals surface area contributed by atoms with Gasteiger partial charge in [-0.1, -0.05) is 59.8 Å². The molecule has 0 aliphatic carbocycles. The molecule has 0 saturated carbocycles. The number of carbonyl (C=O) groups is 1. The van der Waals surface area contributed by atoms with Crippen LogP contribution in [0.2, 0.25) is 0 Å². The smallest absolute Gasteiger partial charge is 0.266 e. The summed E-state index contributed by atoms with van der Waals surface area (Å²) in [7, 11) is 1.58. The summed E-state index contributed by atoms with van der Waals surface area (Å²) in [6.45, 7) is 4.28. The molecule has 1 N–H and O–H groups in total. The first-order valence-electron chi connectivity index (χ1n) is 10.6. The maximum Gasteiger partial charge on any atom is 0.266 e. The zero-order chi connectivity index (χ0) is 23.4. The number of aryl methyl sites for hydroxylation is 1. The van der Waals surface area contributed by atoms with E-state index >= 15 is 0 Å². The molecule has 0 fully saturated rings. The van der Waals surface area contributed by atoms with Gasteiger partial charge in [0, 0.05) is 12.6 Å². The average Bonchev–Trinajstić information content (AvgIpc) is 2.83. The molecule has 3 aromatic carbocycles. The lowest BCUT2D eigenvalue weighted by molar-refractivity contribution is -0.120. The van der Waals surface area contributed by atoms with Crippen molar-refractivity contribution in [2.75, 3.05) is 7.11 Å². The summed E-state index contributed by atoms with van der Waals surface area (Å²) >= 11 is 1.25. The number of aromatic nitrogens is 2. The molecule has 0 aliphatic heterocycles. The van der Waals surface area contributed by atoms with Crippen molar-refractivity contribution in [2.45, 2.75) is 30.8 Å². The molecule has 0 saturated heterocycles. The van der Waals surface area contributed by atoms with Crippen LogP contribution < -0.4 is 15.6 Å². The van der Waals surface area contributed by atoms with E-state index in [1.54, 1.807) is 29.9 Å². The highest BCUT2D eigenvalue weighted by atomic mass is 32.2. The van der Waals surface area contributed by atoms with Gasteiger partial charge in [0.25, 0.3) is 5.56 Å². The minimum absolute atomic E-state index is 0.125. The van der Waals surface area contributed by atoms with E-state index in [1.807, 2.05) is 68.4 Å². The van der Waals surface area contributed by atoms with Crippen LogP contribution in [-0.2, 0) is 11.3 Å². The zero-order valence-electron chi connectivity index (χ0n) is 18.7. The Morgan fingerprint density at radius 2 is 1.85 bits per heavy atom. The number of benzene rings is 3. The molecule has 1 amide bonds. The van der Waals surface area contributed by atoms with Crippen LogP contribution in [0, 0.1) is 6.92 Å². The molecule has 4 rings (SSSR count). The van der Waals surface area contributed by atoms with Gasteiger partial charge in [-0.15, -0.1) is 0 Å². The largest absolute Gasteiger partial charge is 0.497 e. The van der Waals surface area contributed by atoms with E-state index in [4.69, 9.17) is 9.72 Å². The van der Waals surface area contributed by atoms with Crippen LogP contribution in [0.25, 0.3) is 16.6 Å². The zero-order valence-corrected chi connectivity index (χ0v) is 19.6. The highest BCUT2D eigenvalue weighted by Crippen LogP contribution is 2.26. The lowest BCUT2D eigenvalue weighted by Gasteiger charge is -2.17. The van der Waals surface area contributed by atoms with Crippen LogP contribution in [0.15, 0.2) is 82.7 Å². The number of methoxy groups -OCH3 is 1. The minimum atomic E-state index is -0.458. The van der Waals surface area contributed by atoms with Gasteiger partial charge in [-0.25, -0.2) is 4.98 Å². The minimum Gasteiger partial charge on any atom is -0.497 e. The van der Waals surface area contributed by atoms with Gasteiger partial charge < -0.3 is 10.1 Å². The number of thioether (sulfide) groups is 1. The van der Waals surface area contributed by atoms with Crippen molar-refractivity contribution < 1.29 is 9.53 Å². The molecular formula is C26H25N3O3S. The van der Waals surface area contributed by atoms with Gasteiger partial charge in [-0.2, -0.15) is 0 Å². The molecule has 1 atom stereocenters. The summed E-state index contributed by atoms with van der Waals surface area (Å²) < 4.78 is 6.88. The summed E-state index contributed by atoms with van der Waals surface area (Å²) in [4.78, 5) is 30.9. The fourth-order valence-electron chi connectivity index (χ4n) is 3.42. The van der Waals surface area contributed by atoms with Crippen LogP contribution >= 0.6 is 11.8 Å². The number of hydrogen-bond donors (Lipinski definition) is 1. The fraction of sp³-hybridized carbons (Fsp3) is 0.192. The van der Waals surface area contributed by atoms with E-state index in [-0.39, 0.29) is 11.5 Å². The van der Waals surface area contributed by atoms with Crippen molar-refractivity contribution in [3.05, 3.63) is 94.3 Å². The first kappa shape index (κ1) is 22.6. The van der Waals surface area contributed by atoms with E-state index < -0.39 is 5.25 Å². The number of carbonyl (C=O) groups excluding carboxylic acids is 1. The summed E-state index contributed by atoms with van der Waals surface area (Å²) in [6, 6.07) is 22.5. The van der Waals surface area contributed by atoms with Crippen molar-refractivity contribution >= 4 is 28.6 Å². The maximum absolute atomic E-state index is 13.4. The van der Waals surface area contributed by atoms with Gasteiger partial charge in [0.05, 0.1) is 29.0 Å². The Morgan fingerprint density at radius 1 is 1.09 bits per heavy atom. The third-order valence-electron chi connectivity index (χ3n) is 5.30. The number of ether oxygens (including phenoxy) is 1. The van der Waals surface area contributed by atoms with E-state index in [1.165, 1.54) is 17.3 Å². The quantitative estimate of drug-likeness (QED) is 0.325. The van der Waals surface area contributed by atoms with Gasteiger partial charge in [0.1, 0.15) is 5.75 Å². The van der Waals surface area contributed by atoms with Crippen LogP contribution in [-0.4, -0.2) is 27.8 Å². The standard InChI is InChI=1S/C26H25N3O3S/c1-17-11-13-19(14-12-17)16-27-24(30)18(2)33-26-28-23-10-5-4-9-22(23)25(31)29(26)20-7-6-8-21(15-20)32-3/h4-15,18H,16H2,1-3H3,(H,27,30). The summed E-state index contributed by atoms with van der Waals surface area (Å²) in [5.74, 6) is 0.507. The summed E-state index contributed by atoms with van der Waals surface area (Å²) in [6.07, 6.45) is 0. The van der Waals surface area contributed by atoms with Gasteiger partial charge in [-0.05, 0) is 43.7 Å². The van der Waals surface area contributed by atoms with Crippen LogP contribution in [0.3, 0.4) is 0 Å². The molecule has 0 aliphatic rings. The second-order valence-corrected chi connectivity index (χ2v) is 9.03. The summed E-state index contributed by atoms with van der Waals surface area (Å²) in [5, 5.41) is 3.48. The van der Waals surface area contributed by atoms with E-state index in [9.17, 15) is 9.59 Å². The molecule has 4 aromatic rings. The SMILES string of the molecule is COc1cccc(-n2c(SC(C)C(=O)NCc3ccc(C)cc3)nc3ccccc3c2=O)c1. The molecule has 7 heteroatoms. The van der Waals surface area contributed by atoms with E-state index in [0.717, 1.165) is 5.56 Å². The van der Waals surface area contributed by atoms with Crippen LogP contribution in [0.1, 0.15) is 18.1 Å². The van der Waals surface area contributed by atoms with Crippen molar-refractivity contribution in [2.24, 2.45) is 0 Å². The van der Waals surface area contributed by atoms with E-state index in [0.29, 0.717) is 34.0 Å². The Labute approximate surface area is 196 Å². The molecular weight excluding hydrogens is 434 g/mol. The number of nitrogens with zero attached hydrogens (tertiary/aromatic N) is 2. The highest BCUT2D eigenvalue weighted by molar-refractivity contribution is 8.00. The second kappa shape index (κ2) is 9.92. The maximum atomic E-state index is 13.4. The second-order valence-electron chi connectivity index (χ2n) is 7.72. The van der Waals surface area contributed by atoms with Crippen molar-refractivity contribution in [3.63, 3.8) is 0 Å². The first-order valence-corrected chi connectivity index (χ1v) is 11.5. The Kier molecular flexibility index (Phi) is 6.79. The van der Waals surface area contributed by atoms with Crippen LogP contribution in [0.5, 0.6) is 5.75 Å². The number of fused-ring (bicyclic) bond motifs is 1. The molecule has 1 unspecified atom stereocenters. The third kappa shape index (κ3) is 5.09.